The van der Waals surface area contributed by atoms with E-state index in [9.17, 15) is 9.59 Å². The molecule has 1 aromatic carbocycles. The van der Waals surface area contributed by atoms with Gasteiger partial charge in [0.2, 0.25) is 5.91 Å². The van der Waals surface area contributed by atoms with Gasteiger partial charge >= 0.3 is 6.09 Å². The van der Waals surface area contributed by atoms with Gasteiger partial charge in [-0.2, -0.15) is 0 Å². The molecule has 0 saturated carbocycles. The molecule has 0 aliphatic carbocycles. The van der Waals surface area contributed by atoms with Crippen LogP contribution < -0.4 is 4.90 Å². The second-order valence-corrected chi connectivity index (χ2v) is 7.89. The highest BCUT2D eigenvalue weighted by molar-refractivity contribution is 6.31. The first-order valence-corrected chi connectivity index (χ1v) is 8.66. The monoisotopic (exact) mass is 367 g/mol. The van der Waals surface area contributed by atoms with E-state index in [1.165, 1.54) is 4.90 Å². The van der Waals surface area contributed by atoms with Crippen LogP contribution in [0.3, 0.4) is 0 Å². The Bertz CT molecular complexity index is 655. The summed E-state index contributed by atoms with van der Waals surface area (Å²) in [5.74, 6) is -0.145. The molecule has 0 spiro atoms. The molecule has 6 nitrogen and oxygen atoms in total. The standard InChI is InChI=1S/C18H26ClN3O3/c1-18(2,3)25-17(24)21-11-13-6-7-14(19)10-15(13)22(16(23)12-21)9-8-20(4)5/h6-7,10H,8-9,11-12H2,1-5H3. The normalized spacial score (nSPS) is 15.2. The molecule has 0 radical (unpaired) electrons. The average molecular weight is 368 g/mol. The molecule has 7 heteroatoms. The minimum Gasteiger partial charge on any atom is -0.444 e. The van der Waals surface area contributed by atoms with Gasteiger partial charge in [-0.15, -0.1) is 0 Å². The van der Waals surface area contributed by atoms with E-state index in [0.717, 1.165) is 11.3 Å². The van der Waals surface area contributed by atoms with Crippen molar-refractivity contribution >= 4 is 29.3 Å². The van der Waals surface area contributed by atoms with Crippen molar-refractivity contribution in [3.8, 4) is 0 Å². The molecule has 2 amide bonds. The van der Waals surface area contributed by atoms with E-state index < -0.39 is 11.7 Å². The molecule has 1 aliphatic heterocycles. The van der Waals surface area contributed by atoms with Gasteiger partial charge in [-0.05, 0) is 52.6 Å². The fourth-order valence-electron chi connectivity index (χ4n) is 2.57. The molecule has 2 rings (SSSR count). The number of amides is 2. The van der Waals surface area contributed by atoms with Crippen molar-refractivity contribution in [1.82, 2.24) is 9.80 Å². The van der Waals surface area contributed by atoms with Gasteiger partial charge in [0.1, 0.15) is 12.1 Å². The van der Waals surface area contributed by atoms with Crippen molar-refractivity contribution in [3.05, 3.63) is 28.8 Å². The number of likely N-dealkylation sites (N-methyl/N-ethyl adjacent to an activating group) is 1. The molecule has 0 bridgehead atoms. The zero-order valence-electron chi connectivity index (χ0n) is 15.5. The van der Waals surface area contributed by atoms with E-state index in [1.807, 2.05) is 45.8 Å². The topological polar surface area (TPSA) is 53.1 Å². The Hall–Kier alpha value is -1.79. The number of anilines is 1. The summed E-state index contributed by atoms with van der Waals surface area (Å²) < 4.78 is 5.44. The first-order valence-electron chi connectivity index (χ1n) is 8.28. The van der Waals surface area contributed by atoms with Crippen molar-refractivity contribution in [2.24, 2.45) is 0 Å². The average Bonchev–Trinajstić information content (AvgIpc) is 2.59. The van der Waals surface area contributed by atoms with E-state index in [0.29, 0.717) is 24.7 Å². The van der Waals surface area contributed by atoms with Gasteiger partial charge in [0.05, 0.1) is 12.2 Å². The number of nitrogens with zero attached hydrogens (tertiary/aromatic N) is 3. The zero-order chi connectivity index (χ0) is 18.8. The van der Waals surface area contributed by atoms with Crippen LogP contribution in [0.5, 0.6) is 0 Å². The number of hydrogen-bond acceptors (Lipinski definition) is 4. The maximum absolute atomic E-state index is 12.8. The molecule has 0 atom stereocenters. The van der Waals surface area contributed by atoms with Crippen molar-refractivity contribution in [3.63, 3.8) is 0 Å². The Morgan fingerprint density at radius 2 is 1.96 bits per heavy atom. The Balaban J connectivity index is 2.32. The van der Waals surface area contributed by atoms with Crippen LogP contribution in [0.15, 0.2) is 18.2 Å². The van der Waals surface area contributed by atoms with Gasteiger partial charge in [-0.3, -0.25) is 9.69 Å². The van der Waals surface area contributed by atoms with Crippen LogP contribution in [0.1, 0.15) is 26.3 Å². The predicted molar refractivity (Wildman–Crippen MR) is 99.0 cm³/mol. The maximum atomic E-state index is 12.8. The van der Waals surface area contributed by atoms with Crippen molar-refractivity contribution < 1.29 is 14.3 Å². The van der Waals surface area contributed by atoms with Gasteiger partial charge in [0, 0.05) is 18.1 Å². The first-order chi connectivity index (χ1) is 11.6. The van der Waals surface area contributed by atoms with Crippen LogP contribution in [0.2, 0.25) is 5.02 Å². The molecule has 1 heterocycles. The van der Waals surface area contributed by atoms with Crippen LogP contribution in [0.25, 0.3) is 0 Å². The second-order valence-electron chi connectivity index (χ2n) is 7.46. The van der Waals surface area contributed by atoms with Crippen LogP contribution in [-0.2, 0) is 16.1 Å². The number of fused-ring (bicyclic) bond motifs is 1. The number of rotatable bonds is 3. The van der Waals surface area contributed by atoms with Gasteiger partial charge in [-0.1, -0.05) is 17.7 Å². The van der Waals surface area contributed by atoms with E-state index in [4.69, 9.17) is 16.3 Å². The molecular formula is C18H26ClN3O3. The van der Waals surface area contributed by atoms with Crippen LogP contribution in [0.4, 0.5) is 10.5 Å². The molecule has 1 aromatic rings. The number of carbonyl (C=O) groups excluding carboxylic acids is 2. The lowest BCUT2D eigenvalue weighted by atomic mass is 10.1. The molecule has 25 heavy (non-hydrogen) atoms. The molecule has 0 aromatic heterocycles. The smallest absolute Gasteiger partial charge is 0.411 e. The van der Waals surface area contributed by atoms with Gasteiger partial charge in [0.25, 0.3) is 0 Å². The van der Waals surface area contributed by atoms with Crippen molar-refractivity contribution in [2.45, 2.75) is 32.9 Å². The summed E-state index contributed by atoms with van der Waals surface area (Å²) in [6.07, 6.45) is -0.490. The molecule has 0 unspecified atom stereocenters. The summed E-state index contributed by atoms with van der Waals surface area (Å²) in [6, 6.07) is 5.41. The lowest BCUT2D eigenvalue weighted by Crippen LogP contribution is -2.43. The Kier molecular flexibility index (Phi) is 5.95. The number of ether oxygens (including phenoxy) is 1. The van der Waals surface area contributed by atoms with Gasteiger partial charge in [-0.25, -0.2) is 4.79 Å². The quantitative estimate of drug-likeness (QED) is 0.824. The SMILES string of the molecule is CN(C)CCN1C(=O)CN(C(=O)OC(C)(C)C)Cc2ccc(Cl)cc21. The summed E-state index contributed by atoms with van der Waals surface area (Å²) in [5, 5.41) is 0.562. The molecular weight excluding hydrogens is 342 g/mol. The highest BCUT2D eigenvalue weighted by atomic mass is 35.5. The zero-order valence-corrected chi connectivity index (χ0v) is 16.3. The third-order valence-corrected chi connectivity index (χ3v) is 3.98. The number of hydrogen-bond donors (Lipinski definition) is 0. The lowest BCUT2D eigenvalue weighted by Gasteiger charge is -2.26. The van der Waals surface area contributed by atoms with Crippen molar-refractivity contribution in [2.75, 3.05) is 38.6 Å². The highest BCUT2D eigenvalue weighted by Gasteiger charge is 2.31. The Morgan fingerprint density at radius 3 is 2.56 bits per heavy atom. The maximum Gasteiger partial charge on any atom is 0.411 e. The number of halogens is 1. The van der Waals surface area contributed by atoms with E-state index in [2.05, 4.69) is 0 Å². The molecule has 0 saturated heterocycles. The fourth-order valence-corrected chi connectivity index (χ4v) is 2.73. The molecule has 0 N–H and O–H groups in total. The van der Waals surface area contributed by atoms with Gasteiger partial charge < -0.3 is 14.5 Å². The summed E-state index contributed by atoms with van der Waals surface area (Å²) in [7, 11) is 3.91. The van der Waals surface area contributed by atoms with Crippen LogP contribution in [0, 0.1) is 0 Å². The van der Waals surface area contributed by atoms with E-state index in [1.54, 1.807) is 17.0 Å². The lowest BCUT2D eigenvalue weighted by molar-refractivity contribution is -0.119. The second kappa shape index (κ2) is 7.62. The van der Waals surface area contributed by atoms with E-state index in [-0.39, 0.29) is 12.5 Å². The predicted octanol–water partition coefficient (Wildman–Crippen LogP) is 2.99. The summed E-state index contributed by atoms with van der Waals surface area (Å²) in [5.41, 5.74) is 1.02. The molecule has 138 valence electrons. The third kappa shape index (κ3) is 5.34. The minimum absolute atomic E-state index is 0.0192. The van der Waals surface area contributed by atoms with Crippen LogP contribution in [-0.4, -0.2) is 61.1 Å². The van der Waals surface area contributed by atoms with Gasteiger partial charge in [0.15, 0.2) is 0 Å². The number of benzene rings is 1. The highest BCUT2D eigenvalue weighted by Crippen LogP contribution is 2.29. The number of carbonyl (C=O) groups is 2. The molecule has 0 fully saturated rings. The Labute approximate surface area is 154 Å². The fraction of sp³-hybridized carbons (Fsp3) is 0.556. The summed E-state index contributed by atoms with van der Waals surface area (Å²) in [6.45, 7) is 6.96. The van der Waals surface area contributed by atoms with Crippen LogP contribution >= 0.6 is 11.6 Å². The summed E-state index contributed by atoms with van der Waals surface area (Å²) in [4.78, 5) is 30.4. The Morgan fingerprint density at radius 1 is 1.28 bits per heavy atom. The summed E-state index contributed by atoms with van der Waals surface area (Å²) >= 11 is 6.14. The minimum atomic E-state index is -0.611. The van der Waals surface area contributed by atoms with Crippen molar-refractivity contribution in [1.29, 1.82) is 0 Å². The molecule has 1 aliphatic rings. The first kappa shape index (κ1) is 19.5. The van der Waals surface area contributed by atoms with E-state index >= 15 is 0 Å². The largest absolute Gasteiger partial charge is 0.444 e. The third-order valence-electron chi connectivity index (χ3n) is 3.75.